The van der Waals surface area contributed by atoms with Crippen LogP contribution >= 0.6 is 34.9 Å². The van der Waals surface area contributed by atoms with Crippen LogP contribution in [0.1, 0.15) is 17.4 Å². The van der Waals surface area contributed by atoms with E-state index >= 15 is 0 Å². The molecule has 3 rings (SSSR count). The standard InChI is InChI=1S/C14H16N2O3S3/c1-3-19-10(17)6-16-13(18)11-8-4-5-21-7-9(8)22-12(11)15-14(16)20-2/h3-7H2,1-2H3. The van der Waals surface area contributed by atoms with E-state index in [1.807, 2.05) is 18.0 Å². The van der Waals surface area contributed by atoms with Crippen molar-refractivity contribution in [2.75, 3.05) is 18.6 Å². The van der Waals surface area contributed by atoms with Gasteiger partial charge in [-0.3, -0.25) is 14.2 Å². The highest BCUT2D eigenvalue weighted by Crippen LogP contribution is 2.36. The first-order valence-electron chi connectivity index (χ1n) is 6.98. The molecule has 0 amide bonds. The zero-order chi connectivity index (χ0) is 15.7. The zero-order valence-corrected chi connectivity index (χ0v) is 14.8. The first-order chi connectivity index (χ1) is 10.7. The summed E-state index contributed by atoms with van der Waals surface area (Å²) >= 11 is 4.87. The SMILES string of the molecule is CCOC(=O)Cn1c(SC)nc2sc3c(c2c1=O)CCSC3. The van der Waals surface area contributed by atoms with Crippen LogP contribution in [-0.4, -0.2) is 34.1 Å². The molecule has 8 heteroatoms. The number of carbonyl (C=O) groups excluding carboxylic acids is 1. The molecule has 0 aliphatic carbocycles. The van der Waals surface area contributed by atoms with Crippen LogP contribution in [0.2, 0.25) is 0 Å². The number of aromatic nitrogens is 2. The number of ether oxygens (including phenoxy) is 1. The number of nitrogens with zero attached hydrogens (tertiary/aromatic N) is 2. The van der Waals surface area contributed by atoms with E-state index in [1.54, 1.807) is 18.3 Å². The molecular formula is C14H16N2O3S3. The molecule has 5 nitrogen and oxygen atoms in total. The fourth-order valence-corrected chi connectivity index (χ4v) is 5.47. The molecule has 0 radical (unpaired) electrons. The van der Waals surface area contributed by atoms with Crippen LogP contribution in [0.3, 0.4) is 0 Å². The Morgan fingerprint density at radius 2 is 2.32 bits per heavy atom. The van der Waals surface area contributed by atoms with Crippen LogP contribution in [0, 0.1) is 0 Å². The Morgan fingerprint density at radius 1 is 1.50 bits per heavy atom. The van der Waals surface area contributed by atoms with Crippen molar-refractivity contribution in [3.63, 3.8) is 0 Å². The fourth-order valence-electron chi connectivity index (χ4n) is 2.52. The predicted molar refractivity (Wildman–Crippen MR) is 92.2 cm³/mol. The Balaban J connectivity index is 2.16. The molecule has 1 aliphatic rings. The molecule has 0 fully saturated rings. The van der Waals surface area contributed by atoms with Crippen molar-refractivity contribution in [1.29, 1.82) is 0 Å². The van der Waals surface area contributed by atoms with E-state index in [9.17, 15) is 9.59 Å². The molecule has 0 bridgehead atoms. The lowest BCUT2D eigenvalue weighted by Crippen LogP contribution is -2.28. The van der Waals surface area contributed by atoms with Gasteiger partial charge in [0.25, 0.3) is 5.56 Å². The van der Waals surface area contributed by atoms with Crippen molar-refractivity contribution in [3.05, 3.63) is 20.8 Å². The van der Waals surface area contributed by atoms with Crippen LogP contribution < -0.4 is 5.56 Å². The first-order valence-corrected chi connectivity index (χ1v) is 10.2. The van der Waals surface area contributed by atoms with E-state index in [2.05, 4.69) is 4.98 Å². The first kappa shape index (κ1) is 15.9. The number of esters is 1. The van der Waals surface area contributed by atoms with Gasteiger partial charge in [-0.15, -0.1) is 11.3 Å². The summed E-state index contributed by atoms with van der Waals surface area (Å²) in [4.78, 5) is 31.3. The highest BCUT2D eigenvalue weighted by atomic mass is 32.2. The molecule has 0 N–H and O–H groups in total. The monoisotopic (exact) mass is 356 g/mol. The van der Waals surface area contributed by atoms with Gasteiger partial charge in [-0.25, -0.2) is 4.98 Å². The number of carbonyl (C=O) groups is 1. The van der Waals surface area contributed by atoms with Crippen molar-refractivity contribution in [2.24, 2.45) is 0 Å². The normalized spacial score (nSPS) is 14.1. The van der Waals surface area contributed by atoms with Gasteiger partial charge in [0.05, 0.1) is 12.0 Å². The Hall–Kier alpha value is -0.990. The second kappa shape index (κ2) is 6.64. The van der Waals surface area contributed by atoms with Gasteiger partial charge in [-0.2, -0.15) is 11.8 Å². The summed E-state index contributed by atoms with van der Waals surface area (Å²) in [6.07, 6.45) is 2.76. The summed E-state index contributed by atoms with van der Waals surface area (Å²) in [6, 6.07) is 0. The van der Waals surface area contributed by atoms with Gasteiger partial charge in [0.2, 0.25) is 0 Å². The minimum absolute atomic E-state index is 0.0782. The number of rotatable bonds is 4. The van der Waals surface area contributed by atoms with Crippen molar-refractivity contribution in [3.8, 4) is 0 Å². The maximum Gasteiger partial charge on any atom is 0.326 e. The molecule has 118 valence electrons. The Kier molecular flexibility index (Phi) is 4.79. The molecule has 0 saturated carbocycles. The second-order valence-corrected chi connectivity index (χ2v) is 7.74. The van der Waals surface area contributed by atoms with Gasteiger partial charge in [0, 0.05) is 10.6 Å². The Bertz CT molecular complexity index is 782. The molecule has 2 aromatic rings. The second-order valence-electron chi connectivity index (χ2n) is 4.78. The zero-order valence-electron chi connectivity index (χ0n) is 12.4. The van der Waals surface area contributed by atoms with Gasteiger partial charge < -0.3 is 4.74 Å². The van der Waals surface area contributed by atoms with Crippen molar-refractivity contribution in [2.45, 2.75) is 30.8 Å². The van der Waals surface area contributed by atoms with Crippen molar-refractivity contribution < 1.29 is 9.53 Å². The molecule has 0 aromatic carbocycles. The molecule has 0 spiro atoms. The van der Waals surface area contributed by atoms with E-state index in [0.717, 1.165) is 28.3 Å². The minimum Gasteiger partial charge on any atom is -0.465 e. The van der Waals surface area contributed by atoms with Crippen LogP contribution in [0.4, 0.5) is 0 Å². The lowest BCUT2D eigenvalue weighted by molar-refractivity contribution is -0.144. The lowest BCUT2D eigenvalue weighted by atomic mass is 10.1. The average Bonchev–Trinajstić information content (AvgIpc) is 2.88. The topological polar surface area (TPSA) is 61.2 Å². The average molecular weight is 356 g/mol. The number of thioether (sulfide) groups is 2. The highest BCUT2D eigenvalue weighted by molar-refractivity contribution is 7.98. The Morgan fingerprint density at radius 3 is 3.05 bits per heavy atom. The Labute approximate surface area is 140 Å². The maximum absolute atomic E-state index is 12.9. The number of aryl methyl sites for hydroxylation is 1. The quantitative estimate of drug-likeness (QED) is 0.477. The fraction of sp³-hybridized carbons (Fsp3) is 0.500. The number of fused-ring (bicyclic) bond motifs is 3. The van der Waals surface area contributed by atoms with Crippen LogP contribution in [0.15, 0.2) is 9.95 Å². The van der Waals surface area contributed by atoms with Gasteiger partial charge in [-0.1, -0.05) is 11.8 Å². The predicted octanol–water partition coefficient (Wildman–Crippen LogP) is 2.53. The maximum atomic E-state index is 12.9. The van der Waals surface area contributed by atoms with Crippen molar-refractivity contribution >= 4 is 51.0 Å². The summed E-state index contributed by atoms with van der Waals surface area (Å²) in [6.45, 7) is 1.98. The third kappa shape index (κ3) is 2.79. The van der Waals surface area contributed by atoms with Gasteiger partial charge in [0.15, 0.2) is 5.16 Å². The number of thiophene rings is 1. The number of hydrogen-bond donors (Lipinski definition) is 0. The summed E-state index contributed by atoms with van der Waals surface area (Å²) in [5.74, 6) is 1.57. The summed E-state index contributed by atoms with van der Waals surface area (Å²) in [5.41, 5.74) is 1.01. The van der Waals surface area contributed by atoms with Crippen molar-refractivity contribution in [1.82, 2.24) is 9.55 Å². The third-order valence-corrected chi connectivity index (χ3v) is 6.43. The molecule has 2 aromatic heterocycles. The minimum atomic E-state index is -0.402. The molecule has 0 atom stereocenters. The van der Waals surface area contributed by atoms with Crippen LogP contribution in [0.25, 0.3) is 10.2 Å². The lowest BCUT2D eigenvalue weighted by Gasteiger charge is -2.12. The van der Waals surface area contributed by atoms with E-state index in [4.69, 9.17) is 4.74 Å². The van der Waals surface area contributed by atoms with E-state index in [0.29, 0.717) is 17.1 Å². The van der Waals surface area contributed by atoms with Gasteiger partial charge in [0.1, 0.15) is 11.4 Å². The molecule has 0 saturated heterocycles. The van der Waals surface area contributed by atoms with Crippen LogP contribution in [0.5, 0.6) is 0 Å². The molecule has 0 unspecified atom stereocenters. The molecule has 22 heavy (non-hydrogen) atoms. The molecule has 3 heterocycles. The summed E-state index contributed by atoms with van der Waals surface area (Å²) < 4.78 is 6.41. The van der Waals surface area contributed by atoms with Gasteiger partial charge >= 0.3 is 5.97 Å². The smallest absolute Gasteiger partial charge is 0.326 e. The van der Waals surface area contributed by atoms with E-state index < -0.39 is 5.97 Å². The van der Waals surface area contributed by atoms with E-state index in [-0.39, 0.29) is 12.1 Å². The van der Waals surface area contributed by atoms with Crippen LogP contribution in [-0.2, 0) is 28.2 Å². The third-order valence-electron chi connectivity index (χ3n) is 3.46. The van der Waals surface area contributed by atoms with E-state index in [1.165, 1.54) is 21.2 Å². The highest BCUT2D eigenvalue weighted by Gasteiger charge is 2.23. The largest absolute Gasteiger partial charge is 0.465 e. The van der Waals surface area contributed by atoms with Gasteiger partial charge in [-0.05, 0) is 30.9 Å². The molecular weight excluding hydrogens is 340 g/mol. The summed E-state index contributed by atoms with van der Waals surface area (Å²) in [5, 5.41) is 1.26. The summed E-state index contributed by atoms with van der Waals surface area (Å²) in [7, 11) is 0. The number of hydrogen-bond acceptors (Lipinski definition) is 7. The molecule has 1 aliphatic heterocycles.